The van der Waals surface area contributed by atoms with Gasteiger partial charge < -0.3 is 9.84 Å². The van der Waals surface area contributed by atoms with Crippen LogP contribution in [0.2, 0.25) is 0 Å². The van der Waals surface area contributed by atoms with Crippen molar-refractivity contribution in [2.75, 3.05) is 6.61 Å². The Morgan fingerprint density at radius 1 is 1.24 bits per heavy atom. The molecule has 0 aromatic heterocycles. The molecule has 4 heteroatoms. The second-order valence-electron chi connectivity index (χ2n) is 5.67. The number of carboxylic acid groups (broad SMARTS) is 1. The molecule has 0 aromatic rings. The van der Waals surface area contributed by atoms with Crippen molar-refractivity contribution in [1.82, 2.24) is 0 Å². The number of rotatable bonds is 3. The zero-order valence-electron chi connectivity index (χ0n) is 10.0. The number of esters is 1. The Morgan fingerprint density at radius 3 is 2.29 bits per heavy atom. The monoisotopic (exact) mass is 238 g/mol. The van der Waals surface area contributed by atoms with E-state index < -0.39 is 11.9 Å². The van der Waals surface area contributed by atoms with Gasteiger partial charge in [-0.3, -0.25) is 9.59 Å². The first-order chi connectivity index (χ1) is 8.12. The van der Waals surface area contributed by atoms with Gasteiger partial charge in [0.05, 0.1) is 18.4 Å². The third-order valence-corrected chi connectivity index (χ3v) is 5.19. The van der Waals surface area contributed by atoms with Crippen molar-refractivity contribution in [2.24, 2.45) is 29.1 Å². The number of hydrogen-bond donors (Lipinski definition) is 1. The van der Waals surface area contributed by atoms with Crippen LogP contribution in [0.3, 0.4) is 0 Å². The van der Waals surface area contributed by atoms with Crippen LogP contribution < -0.4 is 0 Å². The van der Waals surface area contributed by atoms with E-state index in [1.165, 1.54) is 0 Å². The van der Waals surface area contributed by atoms with E-state index in [0.717, 1.165) is 25.7 Å². The lowest BCUT2D eigenvalue weighted by Gasteiger charge is -2.25. The van der Waals surface area contributed by atoms with Gasteiger partial charge in [-0.15, -0.1) is 0 Å². The van der Waals surface area contributed by atoms with Crippen molar-refractivity contribution in [3.05, 3.63) is 0 Å². The van der Waals surface area contributed by atoms with Gasteiger partial charge in [0.25, 0.3) is 0 Å². The molecule has 94 valence electrons. The van der Waals surface area contributed by atoms with Crippen molar-refractivity contribution in [3.8, 4) is 0 Å². The Kier molecular flexibility index (Phi) is 2.25. The average molecular weight is 238 g/mol. The van der Waals surface area contributed by atoms with E-state index in [1.807, 2.05) is 0 Å². The molecule has 4 atom stereocenters. The summed E-state index contributed by atoms with van der Waals surface area (Å²) < 4.78 is 5.08. The summed E-state index contributed by atoms with van der Waals surface area (Å²) >= 11 is 0. The van der Waals surface area contributed by atoms with Crippen LogP contribution in [0, 0.1) is 29.1 Å². The fourth-order valence-corrected chi connectivity index (χ4v) is 4.54. The Hall–Kier alpha value is -1.06. The molecule has 2 bridgehead atoms. The number of carbonyl (C=O) groups excluding carboxylic acids is 1. The summed E-state index contributed by atoms with van der Waals surface area (Å²) in [6, 6.07) is 0. The molecule has 3 aliphatic carbocycles. The summed E-state index contributed by atoms with van der Waals surface area (Å²) in [4.78, 5) is 23.4. The summed E-state index contributed by atoms with van der Waals surface area (Å²) in [7, 11) is 0. The Bertz CT molecular complexity index is 372. The molecule has 0 saturated heterocycles. The zero-order valence-corrected chi connectivity index (χ0v) is 10.0. The summed E-state index contributed by atoms with van der Waals surface area (Å²) in [6.07, 6.45) is 4.22. The largest absolute Gasteiger partial charge is 0.481 e. The number of carboxylic acids is 1. The van der Waals surface area contributed by atoms with Crippen LogP contribution in [0.15, 0.2) is 0 Å². The van der Waals surface area contributed by atoms with Gasteiger partial charge in [0, 0.05) is 0 Å². The van der Waals surface area contributed by atoms with Crippen LogP contribution in [-0.2, 0) is 14.3 Å². The SMILES string of the molecule is CCOC(=O)C1C(C(=O)O)C2CCC1C21CC1. The summed E-state index contributed by atoms with van der Waals surface area (Å²) in [6.45, 7) is 2.11. The minimum atomic E-state index is -0.804. The van der Waals surface area contributed by atoms with Crippen molar-refractivity contribution in [1.29, 1.82) is 0 Å². The second-order valence-corrected chi connectivity index (χ2v) is 5.67. The van der Waals surface area contributed by atoms with Gasteiger partial charge in [0.2, 0.25) is 0 Å². The van der Waals surface area contributed by atoms with Gasteiger partial charge in [-0.1, -0.05) is 0 Å². The first-order valence-electron chi connectivity index (χ1n) is 6.51. The lowest BCUT2D eigenvalue weighted by Crippen LogP contribution is -2.35. The summed E-state index contributed by atoms with van der Waals surface area (Å²) in [5.41, 5.74) is 0.195. The first-order valence-corrected chi connectivity index (χ1v) is 6.51. The van der Waals surface area contributed by atoms with E-state index in [-0.39, 0.29) is 29.1 Å². The van der Waals surface area contributed by atoms with E-state index >= 15 is 0 Å². The van der Waals surface area contributed by atoms with Gasteiger partial charge in [0.1, 0.15) is 0 Å². The van der Waals surface area contributed by atoms with Gasteiger partial charge in [-0.05, 0) is 49.9 Å². The molecule has 4 nitrogen and oxygen atoms in total. The van der Waals surface area contributed by atoms with Crippen LogP contribution >= 0.6 is 0 Å². The highest BCUT2D eigenvalue weighted by Crippen LogP contribution is 2.74. The zero-order chi connectivity index (χ0) is 12.2. The Balaban J connectivity index is 1.91. The standard InChI is InChI=1S/C13H18O4/c1-2-17-12(16)10-8-4-3-7(9(10)11(14)15)13(8)5-6-13/h7-10H,2-6H2,1H3,(H,14,15). The molecule has 3 rings (SSSR count). The average Bonchev–Trinajstić information content (AvgIpc) is 2.94. The maximum absolute atomic E-state index is 12.0. The molecule has 0 aromatic carbocycles. The van der Waals surface area contributed by atoms with Crippen LogP contribution in [0.1, 0.15) is 32.6 Å². The molecule has 3 fully saturated rings. The van der Waals surface area contributed by atoms with Crippen LogP contribution in [0.5, 0.6) is 0 Å². The van der Waals surface area contributed by atoms with Gasteiger partial charge in [0.15, 0.2) is 0 Å². The molecule has 3 aliphatic rings. The van der Waals surface area contributed by atoms with Crippen molar-refractivity contribution in [3.63, 3.8) is 0 Å². The Morgan fingerprint density at radius 2 is 1.82 bits per heavy atom. The summed E-state index contributed by atoms with van der Waals surface area (Å²) in [5, 5.41) is 9.38. The maximum Gasteiger partial charge on any atom is 0.310 e. The molecule has 1 spiro atoms. The maximum atomic E-state index is 12.0. The molecule has 1 N–H and O–H groups in total. The van der Waals surface area contributed by atoms with Gasteiger partial charge >= 0.3 is 11.9 Å². The minimum Gasteiger partial charge on any atom is -0.481 e. The number of ether oxygens (including phenoxy) is 1. The molecule has 17 heavy (non-hydrogen) atoms. The van der Waals surface area contributed by atoms with Crippen LogP contribution in [0.25, 0.3) is 0 Å². The number of aliphatic carboxylic acids is 1. The molecular weight excluding hydrogens is 220 g/mol. The predicted octanol–water partition coefficient (Wildman–Crippen LogP) is 1.69. The third-order valence-electron chi connectivity index (χ3n) is 5.19. The highest BCUT2D eigenvalue weighted by molar-refractivity contribution is 5.83. The number of hydrogen-bond acceptors (Lipinski definition) is 3. The fourth-order valence-electron chi connectivity index (χ4n) is 4.54. The topological polar surface area (TPSA) is 63.6 Å². The van der Waals surface area contributed by atoms with E-state index in [1.54, 1.807) is 6.92 Å². The van der Waals surface area contributed by atoms with Crippen LogP contribution in [0.4, 0.5) is 0 Å². The first kappa shape index (κ1) is 11.1. The number of carbonyl (C=O) groups is 2. The second kappa shape index (κ2) is 3.47. The molecular formula is C13H18O4. The summed E-state index contributed by atoms with van der Waals surface area (Å²) in [5.74, 6) is -1.46. The third kappa shape index (κ3) is 1.30. The molecule has 0 amide bonds. The smallest absolute Gasteiger partial charge is 0.310 e. The van der Waals surface area contributed by atoms with E-state index in [2.05, 4.69) is 0 Å². The molecule has 4 unspecified atom stereocenters. The molecule has 0 heterocycles. The van der Waals surface area contributed by atoms with Crippen molar-refractivity contribution in [2.45, 2.75) is 32.6 Å². The van der Waals surface area contributed by atoms with E-state index in [4.69, 9.17) is 4.74 Å². The van der Waals surface area contributed by atoms with Crippen molar-refractivity contribution >= 4 is 11.9 Å². The lowest BCUT2D eigenvalue weighted by molar-refractivity contribution is -0.159. The highest BCUT2D eigenvalue weighted by Gasteiger charge is 2.72. The normalized spacial score (nSPS) is 40.5. The van der Waals surface area contributed by atoms with Crippen LogP contribution in [-0.4, -0.2) is 23.7 Å². The highest BCUT2D eigenvalue weighted by atomic mass is 16.5. The Labute approximate surface area is 100 Å². The lowest BCUT2D eigenvalue weighted by atomic mass is 9.79. The fraction of sp³-hybridized carbons (Fsp3) is 0.846. The van der Waals surface area contributed by atoms with Gasteiger partial charge in [-0.25, -0.2) is 0 Å². The van der Waals surface area contributed by atoms with E-state index in [0.29, 0.717) is 6.61 Å². The molecule has 0 radical (unpaired) electrons. The van der Waals surface area contributed by atoms with Gasteiger partial charge in [-0.2, -0.15) is 0 Å². The quantitative estimate of drug-likeness (QED) is 0.760. The predicted molar refractivity (Wildman–Crippen MR) is 59.1 cm³/mol. The molecule has 3 saturated carbocycles. The minimum absolute atomic E-state index is 0.195. The van der Waals surface area contributed by atoms with E-state index in [9.17, 15) is 14.7 Å². The molecule has 0 aliphatic heterocycles. The van der Waals surface area contributed by atoms with Crippen molar-refractivity contribution < 1.29 is 19.4 Å².